The van der Waals surface area contributed by atoms with Crippen molar-refractivity contribution in [2.45, 2.75) is 135 Å². The van der Waals surface area contributed by atoms with Crippen LogP contribution in [0.15, 0.2) is 0 Å². The van der Waals surface area contributed by atoms with E-state index < -0.39 is 5.97 Å². The summed E-state index contributed by atoms with van der Waals surface area (Å²) in [5, 5.41) is 9.37. The van der Waals surface area contributed by atoms with Gasteiger partial charge in [0.1, 0.15) is 0 Å². The number of carboxylic acids is 1. The molecule has 0 aromatic rings. The number of thioether (sulfide) groups is 1. The van der Waals surface area contributed by atoms with Crippen LogP contribution >= 0.6 is 11.8 Å². The molecule has 2 unspecified atom stereocenters. The highest BCUT2D eigenvalue weighted by Gasteiger charge is 2.12. The third-order valence-electron chi connectivity index (χ3n) is 6.02. The molecule has 192 valence electrons. The smallest absolute Gasteiger partial charge is 0.306 e. The van der Waals surface area contributed by atoms with E-state index in [0.717, 1.165) is 44.3 Å². The molecule has 0 amide bonds. The molecule has 0 radical (unpaired) electrons. The zero-order valence-electron chi connectivity index (χ0n) is 21.7. The number of unbranched alkanes of at least 4 members (excludes halogenated alkanes) is 12. The molecule has 0 aromatic heterocycles. The Labute approximate surface area is 208 Å². The van der Waals surface area contributed by atoms with Crippen molar-refractivity contribution in [3.05, 3.63) is 0 Å². The Kier molecular flexibility index (Phi) is 23.2. The summed E-state index contributed by atoms with van der Waals surface area (Å²) in [7, 11) is 1.43. The molecule has 2 atom stereocenters. The fourth-order valence-corrected chi connectivity index (χ4v) is 4.85. The van der Waals surface area contributed by atoms with Crippen molar-refractivity contribution in [2.24, 2.45) is 5.92 Å². The molecule has 33 heavy (non-hydrogen) atoms. The average Bonchev–Trinajstić information content (AvgIpc) is 2.80. The highest BCUT2D eigenvalue weighted by atomic mass is 32.2. The van der Waals surface area contributed by atoms with Crippen molar-refractivity contribution in [1.82, 2.24) is 0 Å². The molecule has 0 spiro atoms. The maximum atomic E-state index is 11.2. The molecule has 5 heteroatoms. The third kappa shape index (κ3) is 22.4. The van der Waals surface area contributed by atoms with Crippen molar-refractivity contribution in [3.63, 3.8) is 0 Å². The molecule has 0 aromatic carbocycles. The number of ether oxygens (including phenoxy) is 1. The summed E-state index contributed by atoms with van der Waals surface area (Å²) in [5.41, 5.74) is 0. The number of carbonyl (C=O) groups is 2. The number of aliphatic carboxylic acids is 1. The normalized spacial score (nSPS) is 12.6. The highest BCUT2D eigenvalue weighted by Crippen LogP contribution is 2.21. The molecule has 0 rings (SSSR count). The molecule has 1 N–H and O–H groups in total. The van der Waals surface area contributed by atoms with Gasteiger partial charge in [0.2, 0.25) is 0 Å². The summed E-state index contributed by atoms with van der Waals surface area (Å²) in [6.45, 7) is 4.04. The first-order valence-corrected chi connectivity index (χ1v) is 14.5. The first-order valence-electron chi connectivity index (χ1n) is 13.4. The molecule has 0 fully saturated rings. The second-order valence-corrected chi connectivity index (χ2v) is 10.5. The van der Waals surface area contributed by atoms with E-state index >= 15 is 0 Å². The van der Waals surface area contributed by atoms with E-state index in [1.165, 1.54) is 71.3 Å². The molecule has 0 heterocycles. The van der Waals surface area contributed by atoms with E-state index in [9.17, 15) is 9.59 Å². The maximum absolute atomic E-state index is 11.2. The van der Waals surface area contributed by atoms with E-state index in [1.807, 2.05) is 11.8 Å². The van der Waals surface area contributed by atoms with Crippen LogP contribution < -0.4 is 0 Å². The monoisotopic (exact) mass is 482 g/mol. The lowest BCUT2D eigenvalue weighted by Crippen LogP contribution is -2.10. The highest BCUT2D eigenvalue weighted by molar-refractivity contribution is 8.00. The van der Waals surface area contributed by atoms with Gasteiger partial charge < -0.3 is 9.84 Å². The Balaban J connectivity index is 4.07. The largest absolute Gasteiger partial charge is 0.481 e. The minimum absolute atomic E-state index is 0.133. The summed E-state index contributed by atoms with van der Waals surface area (Å²) < 4.78 is 4.68. The molecule has 4 nitrogen and oxygen atoms in total. The summed E-state index contributed by atoms with van der Waals surface area (Å²) in [6.07, 6.45) is 20.4. The zero-order chi connectivity index (χ0) is 24.6. The van der Waals surface area contributed by atoms with Crippen LogP contribution in [-0.4, -0.2) is 35.2 Å². The van der Waals surface area contributed by atoms with Crippen molar-refractivity contribution in [2.75, 3.05) is 12.9 Å². The van der Waals surface area contributed by atoms with Gasteiger partial charge in [-0.3, -0.25) is 9.59 Å². The van der Waals surface area contributed by atoms with Crippen LogP contribution in [0.1, 0.15) is 129 Å². The molecule has 0 aliphatic heterocycles. The van der Waals surface area contributed by atoms with E-state index in [-0.39, 0.29) is 17.1 Å². The standard InChI is InChI=1S/C28H50O4S/c1-4-5-6-7-8-9-10-11-12-13-14-16-21-26(22-19-20-25(2)28(30)31)33-24-18-15-17-23-27(29)32-3/h25-26H,4-15,17-20,22-24H2,1-3H3,(H,30,31). The van der Waals surface area contributed by atoms with Crippen LogP contribution in [-0.2, 0) is 14.3 Å². The summed E-state index contributed by atoms with van der Waals surface area (Å²) in [6, 6.07) is 0. The predicted molar refractivity (Wildman–Crippen MR) is 142 cm³/mol. The van der Waals surface area contributed by atoms with Crippen molar-refractivity contribution in [1.29, 1.82) is 0 Å². The lowest BCUT2D eigenvalue weighted by molar-refractivity contribution is -0.142. The van der Waals surface area contributed by atoms with Crippen LogP contribution in [0.3, 0.4) is 0 Å². The minimum Gasteiger partial charge on any atom is -0.481 e. The average molecular weight is 483 g/mol. The Morgan fingerprint density at radius 3 is 2.06 bits per heavy atom. The number of hydrogen-bond donors (Lipinski definition) is 1. The number of esters is 1. The van der Waals surface area contributed by atoms with Gasteiger partial charge in [0, 0.05) is 12.8 Å². The van der Waals surface area contributed by atoms with Gasteiger partial charge in [-0.05, 0) is 37.9 Å². The second kappa shape index (κ2) is 24.0. The van der Waals surface area contributed by atoms with Crippen molar-refractivity contribution < 1.29 is 19.4 Å². The van der Waals surface area contributed by atoms with Crippen molar-refractivity contribution in [3.8, 4) is 11.8 Å². The number of carbonyl (C=O) groups excluding carboxylic acids is 1. The quantitative estimate of drug-likeness (QED) is 0.0961. The zero-order valence-corrected chi connectivity index (χ0v) is 22.5. The van der Waals surface area contributed by atoms with Crippen LogP contribution in [0.4, 0.5) is 0 Å². The Morgan fingerprint density at radius 2 is 1.45 bits per heavy atom. The molecule has 0 saturated heterocycles. The van der Waals surface area contributed by atoms with Gasteiger partial charge in [-0.2, -0.15) is 0 Å². The lowest BCUT2D eigenvalue weighted by Gasteiger charge is -2.12. The fourth-order valence-electron chi connectivity index (χ4n) is 3.69. The molecular weight excluding hydrogens is 432 g/mol. The maximum Gasteiger partial charge on any atom is 0.306 e. The van der Waals surface area contributed by atoms with Crippen LogP contribution in [0.25, 0.3) is 0 Å². The number of hydrogen-bond acceptors (Lipinski definition) is 4. The van der Waals surface area contributed by atoms with E-state index in [2.05, 4.69) is 23.5 Å². The van der Waals surface area contributed by atoms with Gasteiger partial charge in [-0.1, -0.05) is 90.4 Å². The molecule has 0 aliphatic carbocycles. The first kappa shape index (κ1) is 31.9. The minimum atomic E-state index is -0.711. The molecule has 0 saturated carbocycles. The first-order chi connectivity index (χ1) is 16.0. The Bertz CT molecular complexity index is 538. The number of methoxy groups -OCH3 is 1. The number of rotatable bonds is 22. The van der Waals surface area contributed by atoms with Gasteiger partial charge in [0.05, 0.1) is 18.3 Å². The van der Waals surface area contributed by atoms with Crippen LogP contribution in [0, 0.1) is 17.8 Å². The van der Waals surface area contributed by atoms with Crippen molar-refractivity contribution >= 4 is 23.7 Å². The van der Waals surface area contributed by atoms with Crippen LogP contribution in [0.5, 0.6) is 0 Å². The third-order valence-corrected chi connectivity index (χ3v) is 7.30. The second-order valence-electron chi connectivity index (χ2n) is 9.17. The molecular formula is C28H50O4S. The SMILES string of the molecule is CCCCCCCCCCCCC#CC(CCCC(C)C(=O)O)SCCCCCC(=O)OC. The summed E-state index contributed by atoms with van der Waals surface area (Å²) >= 11 is 1.89. The van der Waals surface area contributed by atoms with Gasteiger partial charge in [0.15, 0.2) is 0 Å². The fraction of sp³-hybridized carbons (Fsp3) is 0.857. The summed E-state index contributed by atoms with van der Waals surface area (Å²) in [5.74, 6) is 6.77. The van der Waals surface area contributed by atoms with Gasteiger partial charge >= 0.3 is 11.9 Å². The van der Waals surface area contributed by atoms with E-state index in [4.69, 9.17) is 5.11 Å². The molecule has 0 aliphatic rings. The Morgan fingerprint density at radius 1 is 0.848 bits per heavy atom. The summed E-state index contributed by atoms with van der Waals surface area (Å²) in [4.78, 5) is 22.2. The van der Waals surface area contributed by atoms with Gasteiger partial charge in [-0.25, -0.2) is 0 Å². The topological polar surface area (TPSA) is 63.6 Å². The van der Waals surface area contributed by atoms with E-state index in [0.29, 0.717) is 12.8 Å². The lowest BCUT2D eigenvalue weighted by atomic mass is 10.0. The van der Waals surface area contributed by atoms with E-state index in [1.54, 1.807) is 6.92 Å². The van der Waals surface area contributed by atoms with Gasteiger partial charge in [0.25, 0.3) is 0 Å². The predicted octanol–water partition coefficient (Wildman–Crippen LogP) is 8.03. The molecule has 0 bridgehead atoms. The Hall–Kier alpha value is -1.15. The van der Waals surface area contributed by atoms with Crippen LogP contribution in [0.2, 0.25) is 0 Å². The van der Waals surface area contributed by atoms with Gasteiger partial charge in [-0.15, -0.1) is 17.7 Å². The number of carboxylic acid groups (broad SMARTS) is 1.